The Morgan fingerprint density at radius 1 is 1.33 bits per heavy atom. The number of ketones is 1. The fraction of sp³-hybridized carbons (Fsp3) is 0.562. The molecular weight excluding hydrogens is 270 g/mol. The lowest BCUT2D eigenvalue weighted by Gasteiger charge is -2.32. The summed E-state index contributed by atoms with van der Waals surface area (Å²) in [6.45, 7) is 4.36. The van der Waals surface area contributed by atoms with E-state index in [4.69, 9.17) is 14.2 Å². The van der Waals surface area contributed by atoms with Crippen LogP contribution in [-0.2, 0) is 19.0 Å². The van der Waals surface area contributed by atoms with Gasteiger partial charge in [0, 0.05) is 21.3 Å². The minimum absolute atomic E-state index is 0.0332. The molecule has 0 bridgehead atoms. The highest BCUT2D eigenvalue weighted by Gasteiger charge is 2.30. The minimum atomic E-state index is -0.357. The highest BCUT2D eigenvalue weighted by atomic mass is 16.7. The third-order valence-corrected chi connectivity index (χ3v) is 3.43. The topological polar surface area (TPSA) is 48.0 Å². The maximum absolute atomic E-state index is 12.4. The number of nitrogens with zero attached hydrogens (tertiary/aromatic N) is 1. The number of hydrogen-bond acceptors (Lipinski definition) is 5. The van der Waals surface area contributed by atoms with E-state index in [2.05, 4.69) is 0 Å². The molecule has 0 heterocycles. The molecule has 5 nitrogen and oxygen atoms in total. The van der Waals surface area contributed by atoms with E-state index >= 15 is 0 Å². The zero-order valence-corrected chi connectivity index (χ0v) is 13.7. The van der Waals surface area contributed by atoms with Gasteiger partial charge in [0.05, 0.1) is 24.9 Å². The molecule has 21 heavy (non-hydrogen) atoms. The van der Waals surface area contributed by atoms with Crippen LogP contribution in [0.25, 0.3) is 0 Å². The number of methoxy groups -OCH3 is 3. The largest absolute Gasteiger partial charge is 0.495 e. The summed E-state index contributed by atoms with van der Waals surface area (Å²) in [5.41, 5.74) is 2.22. The second-order valence-corrected chi connectivity index (χ2v) is 4.88. The molecule has 0 unspecified atom stereocenters. The van der Waals surface area contributed by atoms with Gasteiger partial charge >= 0.3 is 0 Å². The van der Waals surface area contributed by atoms with Crippen molar-refractivity contribution in [3.05, 3.63) is 34.8 Å². The first kappa shape index (κ1) is 17.5. The van der Waals surface area contributed by atoms with Crippen LogP contribution in [-0.4, -0.2) is 51.9 Å². The predicted molar refractivity (Wildman–Crippen MR) is 81.6 cm³/mol. The minimum Gasteiger partial charge on any atom is -0.495 e. The number of rotatable bonds is 9. The number of carbonyl (C=O) groups is 1. The van der Waals surface area contributed by atoms with E-state index in [1.54, 1.807) is 27.4 Å². The molecular formula is C16H25NO4. The Morgan fingerprint density at radius 3 is 2.43 bits per heavy atom. The van der Waals surface area contributed by atoms with Crippen LogP contribution in [0.5, 0.6) is 0 Å². The Kier molecular flexibility index (Phi) is 6.65. The van der Waals surface area contributed by atoms with Crippen LogP contribution in [0.15, 0.2) is 34.8 Å². The molecule has 1 rings (SSSR count). The maximum atomic E-state index is 12.4. The van der Waals surface area contributed by atoms with Crippen molar-refractivity contribution in [1.82, 2.24) is 4.90 Å². The van der Waals surface area contributed by atoms with Crippen LogP contribution < -0.4 is 0 Å². The lowest BCUT2D eigenvalue weighted by atomic mass is 9.92. The molecule has 0 radical (unpaired) electrons. The number of ether oxygens (including phenoxy) is 3. The third kappa shape index (κ3) is 3.95. The van der Waals surface area contributed by atoms with Crippen LogP contribution in [0.1, 0.15) is 20.3 Å². The van der Waals surface area contributed by atoms with E-state index in [1.807, 2.05) is 31.9 Å². The van der Waals surface area contributed by atoms with Crippen molar-refractivity contribution in [2.24, 2.45) is 0 Å². The van der Waals surface area contributed by atoms with Crippen LogP contribution in [0.2, 0.25) is 0 Å². The van der Waals surface area contributed by atoms with Gasteiger partial charge < -0.3 is 19.1 Å². The van der Waals surface area contributed by atoms with Gasteiger partial charge in [-0.2, -0.15) is 0 Å². The Hall–Kier alpha value is -1.59. The summed E-state index contributed by atoms with van der Waals surface area (Å²) in [5, 5.41) is 0. The Labute approximate surface area is 126 Å². The van der Waals surface area contributed by atoms with E-state index in [9.17, 15) is 4.79 Å². The van der Waals surface area contributed by atoms with Gasteiger partial charge in [-0.3, -0.25) is 4.79 Å². The van der Waals surface area contributed by atoms with Crippen LogP contribution >= 0.6 is 0 Å². The van der Waals surface area contributed by atoms with E-state index in [-0.39, 0.29) is 12.1 Å². The summed E-state index contributed by atoms with van der Waals surface area (Å²) in [6, 6.07) is 0. The molecule has 0 saturated carbocycles. The van der Waals surface area contributed by atoms with Gasteiger partial charge in [0.2, 0.25) is 0 Å². The molecule has 1 aliphatic rings. The first-order chi connectivity index (χ1) is 9.99. The number of Topliss-reactive ketones (excluding diaryl/α,β-unsaturated/α-hetero) is 1. The van der Waals surface area contributed by atoms with Gasteiger partial charge in [-0.25, -0.2) is 0 Å². The molecule has 118 valence electrons. The average Bonchev–Trinajstić information content (AvgIpc) is 2.44. The SMILES string of the molecule is CCC=C(C)C(=O)C1=C(N(C)CC(OC)OC)C(OC)=C1. The summed E-state index contributed by atoms with van der Waals surface area (Å²) < 4.78 is 15.7. The molecule has 0 amide bonds. The average molecular weight is 295 g/mol. The van der Waals surface area contributed by atoms with Crippen molar-refractivity contribution < 1.29 is 19.0 Å². The second-order valence-electron chi connectivity index (χ2n) is 4.88. The third-order valence-electron chi connectivity index (χ3n) is 3.43. The number of carbonyl (C=O) groups excluding carboxylic acids is 1. The molecule has 0 aromatic rings. The first-order valence-corrected chi connectivity index (χ1v) is 6.98. The highest BCUT2D eigenvalue weighted by molar-refractivity contribution is 6.12. The smallest absolute Gasteiger partial charge is 0.190 e. The molecule has 5 heteroatoms. The van der Waals surface area contributed by atoms with E-state index in [0.717, 1.165) is 17.7 Å². The summed E-state index contributed by atoms with van der Waals surface area (Å²) in [6.07, 6.45) is 4.19. The zero-order chi connectivity index (χ0) is 16.0. The maximum Gasteiger partial charge on any atom is 0.190 e. The predicted octanol–water partition coefficient (Wildman–Crippen LogP) is 2.26. The summed E-state index contributed by atoms with van der Waals surface area (Å²) in [4.78, 5) is 14.3. The Morgan fingerprint density at radius 2 is 1.95 bits per heavy atom. The van der Waals surface area contributed by atoms with E-state index in [1.165, 1.54) is 0 Å². The van der Waals surface area contributed by atoms with Crippen molar-refractivity contribution in [1.29, 1.82) is 0 Å². The van der Waals surface area contributed by atoms with Crippen molar-refractivity contribution in [3.8, 4) is 0 Å². The van der Waals surface area contributed by atoms with Gasteiger partial charge in [-0.15, -0.1) is 0 Å². The number of likely N-dealkylation sites (N-methyl/N-ethyl adjacent to an activating group) is 1. The van der Waals surface area contributed by atoms with Crippen molar-refractivity contribution in [2.45, 2.75) is 26.6 Å². The van der Waals surface area contributed by atoms with Gasteiger partial charge in [0.1, 0.15) is 5.76 Å². The van der Waals surface area contributed by atoms with Crippen LogP contribution in [0, 0.1) is 0 Å². The fourth-order valence-electron chi connectivity index (χ4n) is 2.22. The lowest BCUT2D eigenvalue weighted by molar-refractivity contribution is -0.114. The molecule has 0 aliphatic heterocycles. The first-order valence-electron chi connectivity index (χ1n) is 6.98. The van der Waals surface area contributed by atoms with Crippen molar-refractivity contribution >= 4 is 5.78 Å². The Bertz CT molecular complexity index is 473. The number of hydrogen-bond donors (Lipinski definition) is 0. The molecule has 0 atom stereocenters. The normalized spacial score (nSPS) is 15.0. The summed E-state index contributed by atoms with van der Waals surface area (Å²) in [5.74, 6) is 0.738. The van der Waals surface area contributed by atoms with Crippen LogP contribution in [0.4, 0.5) is 0 Å². The lowest BCUT2D eigenvalue weighted by Crippen LogP contribution is -2.35. The molecule has 0 aromatic carbocycles. The summed E-state index contributed by atoms with van der Waals surface area (Å²) >= 11 is 0. The molecule has 0 aromatic heterocycles. The quantitative estimate of drug-likeness (QED) is 0.482. The van der Waals surface area contributed by atoms with E-state index in [0.29, 0.717) is 17.9 Å². The number of allylic oxidation sites excluding steroid dienone is 4. The second kappa shape index (κ2) is 8.00. The van der Waals surface area contributed by atoms with Gasteiger partial charge in [0.25, 0.3) is 0 Å². The standard InChI is InChI=1S/C16H25NO4/c1-7-8-11(2)16(18)12-9-13(19-4)15(12)17(3)10-14(20-5)21-6/h8-9,14H,7,10H2,1-6H3. The molecule has 1 aliphatic carbocycles. The van der Waals surface area contributed by atoms with Crippen LogP contribution in [0.3, 0.4) is 0 Å². The van der Waals surface area contributed by atoms with Gasteiger partial charge in [0.15, 0.2) is 12.1 Å². The van der Waals surface area contributed by atoms with Crippen molar-refractivity contribution in [2.75, 3.05) is 34.9 Å². The van der Waals surface area contributed by atoms with E-state index < -0.39 is 0 Å². The highest BCUT2D eigenvalue weighted by Crippen LogP contribution is 2.32. The monoisotopic (exact) mass is 295 g/mol. The Balaban J connectivity index is 2.94. The molecule has 0 saturated heterocycles. The molecule has 0 spiro atoms. The van der Waals surface area contributed by atoms with Crippen molar-refractivity contribution in [3.63, 3.8) is 0 Å². The zero-order valence-electron chi connectivity index (χ0n) is 13.7. The van der Waals surface area contributed by atoms with Gasteiger partial charge in [-0.1, -0.05) is 13.0 Å². The summed E-state index contributed by atoms with van der Waals surface area (Å²) in [7, 11) is 6.66. The molecule has 0 fully saturated rings. The molecule has 0 N–H and O–H groups in total. The van der Waals surface area contributed by atoms with Gasteiger partial charge in [-0.05, 0) is 25.0 Å². The fourth-order valence-corrected chi connectivity index (χ4v) is 2.22.